The van der Waals surface area contributed by atoms with Gasteiger partial charge >= 0.3 is 0 Å². The molecule has 16 heavy (non-hydrogen) atoms. The minimum Gasteiger partial charge on any atom is -0.326 e. The van der Waals surface area contributed by atoms with Crippen molar-refractivity contribution in [3.63, 3.8) is 0 Å². The third kappa shape index (κ3) is 2.36. The minimum atomic E-state index is 0.0790. The molecule has 3 nitrogen and oxygen atoms in total. The Balaban J connectivity index is 2.08. The first-order chi connectivity index (χ1) is 7.68. The van der Waals surface area contributed by atoms with E-state index in [-0.39, 0.29) is 11.8 Å². The first kappa shape index (κ1) is 11.4. The molecule has 1 fully saturated rings. The van der Waals surface area contributed by atoms with Crippen molar-refractivity contribution >= 4 is 23.2 Å². The summed E-state index contributed by atoms with van der Waals surface area (Å²) < 4.78 is 0. The molecule has 1 aromatic rings. The number of hydrogen-bond acceptors (Lipinski definition) is 2. The standard InChI is InChI=1S/C12H15ClN2O/c1-8-10(13)3-2-4-11(8)15-12(16)9-5-6-14-7-9/h2-4,9,14H,5-7H2,1H3,(H,15,16). The lowest BCUT2D eigenvalue weighted by Gasteiger charge is -2.12. The quantitative estimate of drug-likeness (QED) is 0.830. The number of nitrogens with one attached hydrogen (secondary N) is 2. The third-order valence-electron chi connectivity index (χ3n) is 2.96. The summed E-state index contributed by atoms with van der Waals surface area (Å²) in [7, 11) is 0. The lowest BCUT2D eigenvalue weighted by Crippen LogP contribution is -2.24. The number of halogens is 1. The fourth-order valence-electron chi connectivity index (χ4n) is 1.86. The summed E-state index contributed by atoms with van der Waals surface area (Å²) in [6.07, 6.45) is 0.908. The molecule has 1 saturated heterocycles. The average Bonchev–Trinajstić information content (AvgIpc) is 2.78. The van der Waals surface area contributed by atoms with Gasteiger partial charge in [-0.2, -0.15) is 0 Å². The van der Waals surface area contributed by atoms with Gasteiger partial charge in [0.2, 0.25) is 5.91 Å². The van der Waals surface area contributed by atoms with Crippen LogP contribution >= 0.6 is 11.6 Å². The first-order valence-electron chi connectivity index (χ1n) is 5.45. The zero-order chi connectivity index (χ0) is 11.5. The summed E-state index contributed by atoms with van der Waals surface area (Å²) in [4.78, 5) is 11.9. The third-order valence-corrected chi connectivity index (χ3v) is 3.37. The van der Waals surface area contributed by atoms with Crippen molar-refractivity contribution in [2.24, 2.45) is 5.92 Å². The summed E-state index contributed by atoms with van der Waals surface area (Å²) in [5.74, 6) is 0.161. The van der Waals surface area contributed by atoms with Gasteiger partial charge in [-0.05, 0) is 37.6 Å². The molecular formula is C12H15ClN2O. The smallest absolute Gasteiger partial charge is 0.228 e. The van der Waals surface area contributed by atoms with E-state index in [0.29, 0.717) is 5.02 Å². The molecule has 4 heteroatoms. The van der Waals surface area contributed by atoms with Crippen LogP contribution in [0.5, 0.6) is 0 Å². The normalized spacial score (nSPS) is 19.8. The summed E-state index contributed by atoms with van der Waals surface area (Å²) in [6.45, 7) is 3.60. The SMILES string of the molecule is Cc1c(Cl)cccc1NC(=O)C1CCNC1. The van der Waals surface area contributed by atoms with Gasteiger partial charge < -0.3 is 10.6 Å². The zero-order valence-electron chi connectivity index (χ0n) is 9.22. The van der Waals surface area contributed by atoms with Crippen molar-refractivity contribution in [3.8, 4) is 0 Å². The molecule has 1 atom stereocenters. The molecular weight excluding hydrogens is 224 g/mol. The van der Waals surface area contributed by atoms with E-state index in [1.54, 1.807) is 0 Å². The van der Waals surface area contributed by atoms with Gasteiger partial charge in [0.25, 0.3) is 0 Å². The van der Waals surface area contributed by atoms with Crippen molar-refractivity contribution in [2.45, 2.75) is 13.3 Å². The Hall–Kier alpha value is -1.06. The number of benzene rings is 1. The second-order valence-corrected chi connectivity index (χ2v) is 4.50. The molecule has 0 bridgehead atoms. The maximum Gasteiger partial charge on any atom is 0.228 e. The Labute approximate surface area is 100 Å². The molecule has 1 aliphatic rings. The van der Waals surface area contributed by atoms with Crippen molar-refractivity contribution in [1.82, 2.24) is 5.32 Å². The molecule has 0 spiro atoms. The highest BCUT2D eigenvalue weighted by atomic mass is 35.5. The van der Waals surface area contributed by atoms with E-state index in [4.69, 9.17) is 11.6 Å². The number of anilines is 1. The molecule has 1 heterocycles. The monoisotopic (exact) mass is 238 g/mol. The van der Waals surface area contributed by atoms with Gasteiger partial charge in [0, 0.05) is 17.3 Å². The summed E-state index contributed by atoms with van der Waals surface area (Å²) in [6, 6.07) is 5.54. The van der Waals surface area contributed by atoms with E-state index in [1.165, 1.54) is 0 Å². The van der Waals surface area contributed by atoms with E-state index < -0.39 is 0 Å². The number of amides is 1. The molecule has 1 amide bonds. The van der Waals surface area contributed by atoms with Crippen molar-refractivity contribution in [1.29, 1.82) is 0 Å². The van der Waals surface area contributed by atoms with E-state index in [1.807, 2.05) is 25.1 Å². The Morgan fingerprint density at radius 1 is 1.56 bits per heavy atom. The molecule has 1 aliphatic heterocycles. The van der Waals surface area contributed by atoms with Crippen LogP contribution in [0.4, 0.5) is 5.69 Å². The highest BCUT2D eigenvalue weighted by molar-refractivity contribution is 6.31. The predicted octanol–water partition coefficient (Wildman–Crippen LogP) is 2.20. The Bertz CT molecular complexity index is 400. The van der Waals surface area contributed by atoms with Crippen molar-refractivity contribution < 1.29 is 4.79 Å². The van der Waals surface area contributed by atoms with Crippen LogP contribution in [0.2, 0.25) is 5.02 Å². The Morgan fingerprint density at radius 2 is 2.38 bits per heavy atom. The predicted molar refractivity (Wildman–Crippen MR) is 65.8 cm³/mol. The largest absolute Gasteiger partial charge is 0.326 e. The zero-order valence-corrected chi connectivity index (χ0v) is 9.97. The molecule has 2 rings (SSSR count). The van der Waals surface area contributed by atoms with Crippen LogP contribution < -0.4 is 10.6 Å². The van der Waals surface area contributed by atoms with Crippen LogP contribution in [0.1, 0.15) is 12.0 Å². The number of carbonyl (C=O) groups is 1. The highest BCUT2D eigenvalue weighted by Crippen LogP contribution is 2.23. The molecule has 0 saturated carbocycles. The van der Waals surface area contributed by atoms with E-state index in [0.717, 1.165) is 30.8 Å². The molecule has 1 aromatic carbocycles. The van der Waals surface area contributed by atoms with Crippen LogP contribution in [0, 0.1) is 12.8 Å². The van der Waals surface area contributed by atoms with Gasteiger partial charge in [-0.25, -0.2) is 0 Å². The Morgan fingerprint density at radius 3 is 3.06 bits per heavy atom. The second kappa shape index (κ2) is 4.85. The molecule has 0 radical (unpaired) electrons. The summed E-state index contributed by atoms with van der Waals surface area (Å²) in [5.41, 5.74) is 1.73. The average molecular weight is 239 g/mol. The number of carbonyl (C=O) groups excluding carboxylic acids is 1. The molecule has 0 aliphatic carbocycles. The maximum atomic E-state index is 11.9. The first-order valence-corrected chi connectivity index (χ1v) is 5.83. The van der Waals surface area contributed by atoms with Gasteiger partial charge in [0.15, 0.2) is 0 Å². The lowest BCUT2D eigenvalue weighted by atomic mass is 10.1. The van der Waals surface area contributed by atoms with E-state index in [2.05, 4.69) is 10.6 Å². The van der Waals surface area contributed by atoms with Gasteiger partial charge in [-0.15, -0.1) is 0 Å². The van der Waals surface area contributed by atoms with Gasteiger partial charge in [0.05, 0.1) is 5.92 Å². The van der Waals surface area contributed by atoms with Crippen LogP contribution in [-0.2, 0) is 4.79 Å². The van der Waals surface area contributed by atoms with Crippen LogP contribution in [0.15, 0.2) is 18.2 Å². The summed E-state index contributed by atoms with van der Waals surface area (Å²) in [5, 5.41) is 6.79. The van der Waals surface area contributed by atoms with Crippen LogP contribution in [-0.4, -0.2) is 19.0 Å². The fraction of sp³-hybridized carbons (Fsp3) is 0.417. The minimum absolute atomic E-state index is 0.0790. The fourth-order valence-corrected chi connectivity index (χ4v) is 2.03. The van der Waals surface area contributed by atoms with Crippen molar-refractivity contribution in [3.05, 3.63) is 28.8 Å². The molecule has 1 unspecified atom stereocenters. The topological polar surface area (TPSA) is 41.1 Å². The van der Waals surface area contributed by atoms with Crippen LogP contribution in [0.3, 0.4) is 0 Å². The van der Waals surface area contributed by atoms with Gasteiger partial charge in [0.1, 0.15) is 0 Å². The highest BCUT2D eigenvalue weighted by Gasteiger charge is 2.22. The van der Waals surface area contributed by atoms with Gasteiger partial charge in [-0.3, -0.25) is 4.79 Å². The number of hydrogen-bond donors (Lipinski definition) is 2. The van der Waals surface area contributed by atoms with E-state index in [9.17, 15) is 4.79 Å². The molecule has 0 aromatic heterocycles. The molecule has 2 N–H and O–H groups in total. The van der Waals surface area contributed by atoms with Crippen molar-refractivity contribution in [2.75, 3.05) is 18.4 Å². The maximum absolute atomic E-state index is 11.9. The summed E-state index contributed by atoms with van der Waals surface area (Å²) >= 11 is 5.99. The number of rotatable bonds is 2. The Kier molecular flexibility index (Phi) is 3.46. The van der Waals surface area contributed by atoms with E-state index >= 15 is 0 Å². The van der Waals surface area contributed by atoms with Crippen LogP contribution in [0.25, 0.3) is 0 Å². The molecule has 86 valence electrons. The second-order valence-electron chi connectivity index (χ2n) is 4.09. The lowest BCUT2D eigenvalue weighted by molar-refractivity contribution is -0.119. The van der Waals surface area contributed by atoms with Gasteiger partial charge in [-0.1, -0.05) is 17.7 Å².